The summed E-state index contributed by atoms with van der Waals surface area (Å²) in [6.07, 6.45) is 0.666. The predicted molar refractivity (Wildman–Crippen MR) is 104 cm³/mol. The Kier molecular flexibility index (Phi) is 7.48. The summed E-state index contributed by atoms with van der Waals surface area (Å²) in [6, 6.07) is 11.7. The van der Waals surface area contributed by atoms with Gasteiger partial charge in [-0.05, 0) is 57.7 Å². The predicted octanol–water partition coefficient (Wildman–Crippen LogP) is 4.38. The molecule has 1 amide bonds. The molecule has 138 valence electrons. The first-order valence-corrected chi connectivity index (χ1v) is 9.24. The van der Waals surface area contributed by atoms with Crippen LogP contribution in [0, 0.1) is 0 Å². The monoisotopic (exact) mass is 439 g/mol. The number of aryl methyl sites for hydroxylation is 1. The molecule has 2 rings (SSSR count). The Morgan fingerprint density at radius 2 is 1.92 bits per heavy atom. The van der Waals surface area contributed by atoms with Gasteiger partial charge in [-0.1, -0.05) is 36.7 Å². The van der Waals surface area contributed by atoms with E-state index in [0.717, 1.165) is 16.5 Å². The molecule has 0 aliphatic rings. The number of amides is 1. The number of carbonyl (C=O) groups is 2. The topological polar surface area (TPSA) is 75.6 Å². The summed E-state index contributed by atoms with van der Waals surface area (Å²) in [5.41, 5.74) is 1.82. The van der Waals surface area contributed by atoms with E-state index in [9.17, 15) is 9.59 Å². The van der Waals surface area contributed by atoms with E-state index in [2.05, 4.69) is 28.2 Å². The smallest absolute Gasteiger partial charge is 0.305 e. The van der Waals surface area contributed by atoms with Gasteiger partial charge in [0.25, 0.3) is 5.91 Å². The number of ether oxygens (including phenoxy) is 1. The molecular weight excluding hydrogens is 422 g/mol. The number of rotatable bonds is 8. The van der Waals surface area contributed by atoms with E-state index in [4.69, 9.17) is 21.4 Å². The molecule has 0 spiro atoms. The normalized spacial score (nSPS) is 11.7. The number of carboxylic acid groups (broad SMARTS) is 1. The van der Waals surface area contributed by atoms with Crippen LogP contribution in [-0.4, -0.2) is 23.6 Å². The molecule has 0 radical (unpaired) electrons. The Labute approximate surface area is 165 Å². The van der Waals surface area contributed by atoms with Crippen molar-refractivity contribution in [1.29, 1.82) is 0 Å². The van der Waals surface area contributed by atoms with Crippen LogP contribution in [0.5, 0.6) is 5.75 Å². The minimum atomic E-state index is -1.01. The third kappa shape index (κ3) is 6.04. The Balaban J connectivity index is 2.00. The molecule has 26 heavy (non-hydrogen) atoms. The molecule has 0 heterocycles. The molecule has 0 fully saturated rings. The van der Waals surface area contributed by atoms with E-state index in [1.165, 1.54) is 0 Å². The van der Waals surface area contributed by atoms with Gasteiger partial charge in [-0.25, -0.2) is 0 Å². The van der Waals surface area contributed by atoms with Crippen molar-refractivity contribution in [1.82, 2.24) is 5.32 Å². The molecule has 1 atom stereocenters. The average Bonchev–Trinajstić information content (AvgIpc) is 2.60. The summed E-state index contributed by atoms with van der Waals surface area (Å²) in [5.74, 6) is -0.861. The van der Waals surface area contributed by atoms with Gasteiger partial charge in [0.15, 0.2) is 6.61 Å². The van der Waals surface area contributed by atoms with E-state index in [0.29, 0.717) is 16.3 Å². The third-order valence-electron chi connectivity index (χ3n) is 3.75. The first-order chi connectivity index (χ1) is 12.4. The van der Waals surface area contributed by atoms with Gasteiger partial charge >= 0.3 is 5.97 Å². The summed E-state index contributed by atoms with van der Waals surface area (Å²) >= 11 is 9.27. The van der Waals surface area contributed by atoms with Crippen molar-refractivity contribution in [3.63, 3.8) is 0 Å². The van der Waals surface area contributed by atoms with Gasteiger partial charge in [0, 0.05) is 5.02 Å². The molecule has 0 saturated carbocycles. The molecule has 0 aromatic heterocycles. The highest BCUT2D eigenvalue weighted by Gasteiger charge is 2.18. The van der Waals surface area contributed by atoms with Crippen molar-refractivity contribution >= 4 is 39.4 Å². The van der Waals surface area contributed by atoms with Crippen molar-refractivity contribution in [3.8, 4) is 5.75 Å². The maximum Gasteiger partial charge on any atom is 0.305 e. The van der Waals surface area contributed by atoms with Crippen LogP contribution in [0.25, 0.3) is 0 Å². The van der Waals surface area contributed by atoms with Crippen molar-refractivity contribution in [2.75, 3.05) is 6.61 Å². The van der Waals surface area contributed by atoms with Crippen molar-refractivity contribution in [3.05, 3.63) is 63.1 Å². The van der Waals surface area contributed by atoms with E-state index < -0.39 is 17.9 Å². The van der Waals surface area contributed by atoms with Gasteiger partial charge in [-0.15, -0.1) is 0 Å². The van der Waals surface area contributed by atoms with E-state index in [-0.39, 0.29) is 13.0 Å². The summed E-state index contributed by atoms with van der Waals surface area (Å²) in [7, 11) is 0. The number of carbonyl (C=O) groups excluding carboxylic acids is 1. The van der Waals surface area contributed by atoms with Gasteiger partial charge < -0.3 is 15.2 Å². The lowest BCUT2D eigenvalue weighted by Crippen LogP contribution is -2.33. The number of hydrogen-bond acceptors (Lipinski definition) is 3. The first-order valence-electron chi connectivity index (χ1n) is 8.07. The second-order valence-corrected chi connectivity index (χ2v) is 6.97. The minimum Gasteiger partial charge on any atom is -0.483 e. The Morgan fingerprint density at radius 3 is 2.50 bits per heavy atom. The van der Waals surface area contributed by atoms with Gasteiger partial charge in [-0.2, -0.15) is 0 Å². The number of carboxylic acids is 1. The van der Waals surface area contributed by atoms with E-state index in [1.807, 2.05) is 12.1 Å². The third-order valence-corrected chi connectivity index (χ3v) is 4.62. The molecule has 2 aromatic rings. The van der Waals surface area contributed by atoms with Gasteiger partial charge in [0.05, 0.1) is 16.9 Å². The lowest BCUT2D eigenvalue weighted by molar-refractivity contribution is -0.137. The van der Waals surface area contributed by atoms with Crippen LogP contribution in [0.1, 0.15) is 30.5 Å². The molecular formula is C19H19BrClNO4. The average molecular weight is 441 g/mol. The second kappa shape index (κ2) is 9.59. The molecule has 0 aliphatic carbocycles. The van der Waals surface area contributed by atoms with Crippen LogP contribution in [-0.2, 0) is 16.0 Å². The van der Waals surface area contributed by atoms with Gasteiger partial charge in [-0.3, -0.25) is 9.59 Å². The molecule has 5 nitrogen and oxygen atoms in total. The molecule has 0 unspecified atom stereocenters. The maximum atomic E-state index is 12.2. The minimum absolute atomic E-state index is 0.215. The number of aliphatic carboxylic acids is 1. The fourth-order valence-corrected chi connectivity index (χ4v) is 3.05. The number of nitrogens with one attached hydrogen (secondary N) is 1. The number of benzene rings is 2. The van der Waals surface area contributed by atoms with Crippen LogP contribution < -0.4 is 10.1 Å². The fraction of sp³-hybridized carbons (Fsp3) is 0.263. The molecule has 7 heteroatoms. The van der Waals surface area contributed by atoms with Gasteiger partial charge in [0.2, 0.25) is 0 Å². The molecule has 0 saturated heterocycles. The van der Waals surface area contributed by atoms with Crippen LogP contribution in [0.2, 0.25) is 5.02 Å². The second-order valence-electron chi connectivity index (χ2n) is 5.68. The largest absolute Gasteiger partial charge is 0.483 e. The van der Waals surface area contributed by atoms with Crippen LogP contribution in [0.15, 0.2) is 46.9 Å². The summed E-state index contributed by atoms with van der Waals surface area (Å²) in [4.78, 5) is 23.3. The first kappa shape index (κ1) is 20.3. The summed E-state index contributed by atoms with van der Waals surface area (Å²) < 4.78 is 6.30. The zero-order valence-corrected chi connectivity index (χ0v) is 16.5. The Morgan fingerprint density at radius 1 is 1.23 bits per heavy atom. The lowest BCUT2D eigenvalue weighted by atomic mass is 10.0. The van der Waals surface area contributed by atoms with Crippen LogP contribution >= 0.6 is 27.5 Å². The molecule has 2 aromatic carbocycles. The Bertz CT molecular complexity index is 780. The SMILES string of the molecule is CCc1ccc(OCC(=O)N[C@H](CC(=O)O)c2ccc(Cl)cc2)c(Br)c1. The lowest BCUT2D eigenvalue weighted by Gasteiger charge is -2.18. The zero-order valence-electron chi connectivity index (χ0n) is 14.2. The van der Waals surface area contributed by atoms with Gasteiger partial charge in [0.1, 0.15) is 5.75 Å². The molecule has 0 bridgehead atoms. The highest BCUT2D eigenvalue weighted by atomic mass is 79.9. The molecule has 0 aliphatic heterocycles. The fourth-order valence-electron chi connectivity index (χ4n) is 2.38. The van der Waals surface area contributed by atoms with E-state index >= 15 is 0 Å². The van der Waals surface area contributed by atoms with Crippen LogP contribution in [0.3, 0.4) is 0 Å². The van der Waals surface area contributed by atoms with Crippen molar-refractivity contribution < 1.29 is 19.4 Å². The standard InChI is InChI=1S/C19H19BrClNO4/c1-2-12-3-8-17(15(20)9-12)26-11-18(23)22-16(10-19(24)25)13-4-6-14(21)7-5-13/h3-9,16H,2,10-11H2,1H3,(H,22,23)(H,24,25)/t16-/m1/s1. The van der Waals surface area contributed by atoms with E-state index in [1.54, 1.807) is 30.3 Å². The number of halogens is 2. The quantitative estimate of drug-likeness (QED) is 0.639. The van der Waals surface area contributed by atoms with Crippen LogP contribution in [0.4, 0.5) is 0 Å². The maximum absolute atomic E-state index is 12.2. The molecule has 2 N–H and O–H groups in total. The summed E-state index contributed by atoms with van der Waals surface area (Å²) in [6.45, 7) is 1.84. The summed E-state index contributed by atoms with van der Waals surface area (Å²) in [5, 5.41) is 12.3. The highest BCUT2D eigenvalue weighted by molar-refractivity contribution is 9.10. The zero-order chi connectivity index (χ0) is 19.1. The Hall–Kier alpha value is -2.05. The highest BCUT2D eigenvalue weighted by Crippen LogP contribution is 2.26. The number of hydrogen-bond donors (Lipinski definition) is 2. The van der Waals surface area contributed by atoms with Crippen molar-refractivity contribution in [2.24, 2.45) is 0 Å². The van der Waals surface area contributed by atoms with Crippen molar-refractivity contribution in [2.45, 2.75) is 25.8 Å².